The lowest BCUT2D eigenvalue weighted by atomic mass is 10.1. The van der Waals surface area contributed by atoms with Gasteiger partial charge in [-0.3, -0.25) is 4.98 Å². The van der Waals surface area contributed by atoms with Crippen molar-refractivity contribution in [3.05, 3.63) is 48.3 Å². The van der Waals surface area contributed by atoms with Gasteiger partial charge in [-0.1, -0.05) is 19.1 Å². The monoisotopic (exact) mass is 281 g/mol. The van der Waals surface area contributed by atoms with Crippen molar-refractivity contribution in [2.75, 3.05) is 0 Å². The SMILES string of the molecule is CCCn1c(-c2ccc(C(=O)O)cc2)nc2cnccc21. The van der Waals surface area contributed by atoms with Crippen molar-refractivity contribution in [1.29, 1.82) is 0 Å². The van der Waals surface area contributed by atoms with Crippen molar-refractivity contribution in [1.82, 2.24) is 14.5 Å². The predicted molar refractivity (Wildman–Crippen MR) is 80.2 cm³/mol. The molecule has 0 atom stereocenters. The van der Waals surface area contributed by atoms with E-state index in [2.05, 4.69) is 21.5 Å². The zero-order chi connectivity index (χ0) is 14.8. The molecule has 0 aliphatic heterocycles. The van der Waals surface area contributed by atoms with E-state index in [-0.39, 0.29) is 5.56 Å². The molecule has 0 amide bonds. The lowest BCUT2D eigenvalue weighted by Crippen LogP contribution is -2.00. The van der Waals surface area contributed by atoms with Crippen LogP contribution in [-0.2, 0) is 6.54 Å². The molecule has 21 heavy (non-hydrogen) atoms. The Morgan fingerprint density at radius 2 is 2.00 bits per heavy atom. The van der Waals surface area contributed by atoms with Gasteiger partial charge in [-0.15, -0.1) is 0 Å². The number of hydrogen-bond acceptors (Lipinski definition) is 3. The van der Waals surface area contributed by atoms with Gasteiger partial charge in [0.25, 0.3) is 0 Å². The third kappa shape index (κ3) is 2.38. The van der Waals surface area contributed by atoms with Crippen molar-refractivity contribution < 1.29 is 9.90 Å². The molecule has 5 heteroatoms. The third-order valence-electron chi connectivity index (χ3n) is 3.39. The second-order valence-electron chi connectivity index (χ2n) is 4.83. The molecule has 3 rings (SSSR count). The van der Waals surface area contributed by atoms with Crippen molar-refractivity contribution in [2.45, 2.75) is 19.9 Å². The van der Waals surface area contributed by atoms with Crippen LogP contribution >= 0.6 is 0 Å². The summed E-state index contributed by atoms with van der Waals surface area (Å²) in [6.07, 6.45) is 4.50. The number of imidazole rings is 1. The molecule has 0 saturated heterocycles. The van der Waals surface area contributed by atoms with E-state index in [0.29, 0.717) is 0 Å². The molecule has 0 aliphatic rings. The minimum absolute atomic E-state index is 0.276. The number of carboxylic acids is 1. The zero-order valence-corrected chi connectivity index (χ0v) is 11.7. The van der Waals surface area contributed by atoms with Crippen LogP contribution < -0.4 is 0 Å². The van der Waals surface area contributed by atoms with Crippen molar-refractivity contribution in [3.63, 3.8) is 0 Å². The molecule has 0 bridgehead atoms. The van der Waals surface area contributed by atoms with Gasteiger partial charge in [0.1, 0.15) is 11.3 Å². The highest BCUT2D eigenvalue weighted by atomic mass is 16.4. The maximum absolute atomic E-state index is 10.9. The summed E-state index contributed by atoms with van der Waals surface area (Å²) >= 11 is 0. The summed E-state index contributed by atoms with van der Waals surface area (Å²) < 4.78 is 2.15. The van der Waals surface area contributed by atoms with Crippen LogP contribution in [0.25, 0.3) is 22.4 Å². The van der Waals surface area contributed by atoms with Gasteiger partial charge in [0, 0.05) is 18.3 Å². The Morgan fingerprint density at radius 3 is 2.67 bits per heavy atom. The second kappa shape index (κ2) is 5.36. The molecule has 3 aromatic rings. The lowest BCUT2D eigenvalue weighted by Gasteiger charge is -2.07. The molecular weight excluding hydrogens is 266 g/mol. The Kier molecular flexibility index (Phi) is 3.39. The minimum atomic E-state index is -0.923. The van der Waals surface area contributed by atoms with Gasteiger partial charge < -0.3 is 9.67 Å². The minimum Gasteiger partial charge on any atom is -0.478 e. The number of fused-ring (bicyclic) bond motifs is 1. The topological polar surface area (TPSA) is 68.0 Å². The number of aromatic carboxylic acids is 1. The van der Waals surface area contributed by atoms with E-state index < -0.39 is 5.97 Å². The van der Waals surface area contributed by atoms with E-state index in [4.69, 9.17) is 5.11 Å². The highest BCUT2D eigenvalue weighted by Gasteiger charge is 2.12. The van der Waals surface area contributed by atoms with Crippen LogP contribution in [0.5, 0.6) is 0 Å². The molecule has 0 aliphatic carbocycles. The first kappa shape index (κ1) is 13.3. The van der Waals surface area contributed by atoms with E-state index in [1.54, 1.807) is 36.7 Å². The third-order valence-corrected chi connectivity index (χ3v) is 3.39. The highest BCUT2D eigenvalue weighted by Crippen LogP contribution is 2.25. The summed E-state index contributed by atoms with van der Waals surface area (Å²) in [4.78, 5) is 19.7. The highest BCUT2D eigenvalue weighted by molar-refractivity contribution is 5.88. The number of pyridine rings is 1. The zero-order valence-electron chi connectivity index (χ0n) is 11.7. The van der Waals surface area contributed by atoms with Gasteiger partial charge >= 0.3 is 5.97 Å². The Balaban J connectivity index is 2.14. The fourth-order valence-electron chi connectivity index (χ4n) is 2.41. The molecule has 1 aromatic carbocycles. The average molecular weight is 281 g/mol. The van der Waals surface area contributed by atoms with Gasteiger partial charge in [-0.25, -0.2) is 9.78 Å². The number of carbonyl (C=O) groups is 1. The summed E-state index contributed by atoms with van der Waals surface area (Å²) in [6, 6.07) is 8.75. The van der Waals surface area contributed by atoms with Gasteiger partial charge in [-0.05, 0) is 24.6 Å². The number of benzene rings is 1. The molecule has 2 heterocycles. The Morgan fingerprint density at radius 1 is 1.24 bits per heavy atom. The Labute approximate surface area is 121 Å². The maximum atomic E-state index is 10.9. The van der Waals surface area contributed by atoms with Crippen LogP contribution in [-0.4, -0.2) is 25.6 Å². The number of aromatic nitrogens is 3. The van der Waals surface area contributed by atoms with Crippen molar-refractivity contribution >= 4 is 17.0 Å². The Bertz CT molecular complexity index is 791. The molecular formula is C16H15N3O2. The van der Waals surface area contributed by atoms with Gasteiger partial charge in [0.05, 0.1) is 17.3 Å². The van der Waals surface area contributed by atoms with E-state index in [9.17, 15) is 4.79 Å². The molecule has 1 N–H and O–H groups in total. The molecule has 0 spiro atoms. The first-order valence-electron chi connectivity index (χ1n) is 6.84. The smallest absolute Gasteiger partial charge is 0.335 e. The standard InChI is InChI=1S/C16H15N3O2/c1-2-9-19-14-7-8-17-10-13(14)18-15(19)11-3-5-12(6-4-11)16(20)21/h3-8,10H,2,9H2,1H3,(H,20,21). The quantitative estimate of drug-likeness (QED) is 0.797. The summed E-state index contributed by atoms with van der Waals surface area (Å²) in [6.45, 7) is 2.97. The largest absolute Gasteiger partial charge is 0.478 e. The van der Waals surface area contributed by atoms with Crippen LogP contribution in [0.4, 0.5) is 0 Å². The maximum Gasteiger partial charge on any atom is 0.335 e. The van der Waals surface area contributed by atoms with Crippen LogP contribution in [0.1, 0.15) is 23.7 Å². The number of aryl methyl sites for hydroxylation is 1. The first-order chi connectivity index (χ1) is 10.2. The molecule has 0 unspecified atom stereocenters. The van der Waals surface area contributed by atoms with Gasteiger partial charge in [0.2, 0.25) is 0 Å². The van der Waals surface area contributed by atoms with E-state index in [1.807, 2.05) is 6.07 Å². The molecule has 0 radical (unpaired) electrons. The van der Waals surface area contributed by atoms with Gasteiger partial charge in [0.15, 0.2) is 0 Å². The Hall–Kier alpha value is -2.69. The number of hydrogen-bond donors (Lipinski definition) is 1. The molecule has 0 fully saturated rings. The van der Waals surface area contributed by atoms with Gasteiger partial charge in [-0.2, -0.15) is 0 Å². The van der Waals surface area contributed by atoms with E-state index in [0.717, 1.165) is 35.4 Å². The van der Waals surface area contributed by atoms with Crippen LogP contribution in [0, 0.1) is 0 Å². The lowest BCUT2D eigenvalue weighted by molar-refractivity contribution is 0.0697. The van der Waals surface area contributed by atoms with Crippen LogP contribution in [0.2, 0.25) is 0 Å². The number of carboxylic acid groups (broad SMARTS) is 1. The van der Waals surface area contributed by atoms with E-state index in [1.165, 1.54) is 0 Å². The summed E-state index contributed by atoms with van der Waals surface area (Å²) in [5, 5.41) is 8.97. The average Bonchev–Trinajstić information content (AvgIpc) is 2.87. The van der Waals surface area contributed by atoms with Crippen molar-refractivity contribution in [3.8, 4) is 11.4 Å². The van der Waals surface area contributed by atoms with Crippen LogP contribution in [0.3, 0.4) is 0 Å². The number of rotatable bonds is 4. The predicted octanol–water partition coefficient (Wildman–Crippen LogP) is 3.21. The molecule has 0 saturated carbocycles. The molecule has 2 aromatic heterocycles. The van der Waals surface area contributed by atoms with Crippen molar-refractivity contribution in [2.24, 2.45) is 0 Å². The first-order valence-corrected chi connectivity index (χ1v) is 6.84. The molecule has 5 nitrogen and oxygen atoms in total. The fourth-order valence-corrected chi connectivity index (χ4v) is 2.41. The van der Waals surface area contributed by atoms with E-state index >= 15 is 0 Å². The molecule has 106 valence electrons. The second-order valence-corrected chi connectivity index (χ2v) is 4.83. The van der Waals surface area contributed by atoms with Crippen LogP contribution in [0.15, 0.2) is 42.7 Å². The number of nitrogens with zero attached hydrogens (tertiary/aromatic N) is 3. The summed E-state index contributed by atoms with van der Waals surface area (Å²) in [5.41, 5.74) is 3.08. The summed E-state index contributed by atoms with van der Waals surface area (Å²) in [7, 11) is 0. The fraction of sp³-hybridized carbons (Fsp3) is 0.188. The summed E-state index contributed by atoms with van der Waals surface area (Å²) in [5.74, 6) is -0.0791. The normalized spacial score (nSPS) is 10.9.